The van der Waals surface area contributed by atoms with Gasteiger partial charge in [-0.15, -0.1) is 0 Å². The molecule has 0 fully saturated rings. The first kappa shape index (κ1) is 11.1. The van der Waals surface area contributed by atoms with E-state index in [2.05, 4.69) is 5.32 Å². The van der Waals surface area contributed by atoms with Crippen LogP contribution in [0.4, 0.5) is 4.39 Å². The number of Topliss-reactive ketones (excluding diaryl/α,β-unsaturated/α-hetero) is 1. The van der Waals surface area contributed by atoms with Crippen LogP contribution in [-0.4, -0.2) is 18.9 Å². The number of hydrogen-bond donors (Lipinski definition) is 1. The highest BCUT2D eigenvalue weighted by molar-refractivity contribution is 6.31. The third-order valence-electron chi connectivity index (χ3n) is 1.78. The Hall–Kier alpha value is -0.930. The molecule has 1 rings (SSSR count). The maximum atomic E-state index is 12.8. The van der Waals surface area contributed by atoms with Crippen molar-refractivity contribution < 1.29 is 9.18 Å². The molecule has 0 aliphatic rings. The first-order chi connectivity index (χ1) is 6.65. The topological polar surface area (TPSA) is 29.1 Å². The third-order valence-corrected chi connectivity index (χ3v) is 2.07. The summed E-state index contributed by atoms with van der Waals surface area (Å²) >= 11 is 5.54. The van der Waals surface area contributed by atoms with Crippen LogP contribution >= 0.6 is 11.6 Å². The molecule has 0 aliphatic carbocycles. The van der Waals surface area contributed by atoms with E-state index in [0.29, 0.717) is 5.56 Å². The first-order valence-electron chi connectivity index (χ1n) is 4.34. The zero-order valence-electron chi connectivity index (χ0n) is 7.81. The summed E-state index contributed by atoms with van der Waals surface area (Å²) in [6.45, 7) is 2.88. The largest absolute Gasteiger partial charge is 0.310 e. The van der Waals surface area contributed by atoms with Gasteiger partial charge in [-0.2, -0.15) is 0 Å². The zero-order valence-corrected chi connectivity index (χ0v) is 8.57. The van der Waals surface area contributed by atoms with Gasteiger partial charge in [0.25, 0.3) is 0 Å². The van der Waals surface area contributed by atoms with Gasteiger partial charge in [0, 0.05) is 5.56 Å². The van der Waals surface area contributed by atoms with Gasteiger partial charge in [-0.3, -0.25) is 4.79 Å². The molecule has 14 heavy (non-hydrogen) atoms. The van der Waals surface area contributed by atoms with Crippen LogP contribution in [0.15, 0.2) is 18.2 Å². The number of hydrogen-bond acceptors (Lipinski definition) is 2. The summed E-state index contributed by atoms with van der Waals surface area (Å²) in [7, 11) is 0. The molecular weight excluding hydrogens is 205 g/mol. The lowest BCUT2D eigenvalue weighted by atomic mass is 10.1. The lowest BCUT2D eigenvalue weighted by Crippen LogP contribution is -2.22. The Labute approximate surface area is 87.1 Å². The molecule has 0 unspecified atom stereocenters. The smallest absolute Gasteiger partial charge is 0.176 e. The van der Waals surface area contributed by atoms with Crippen molar-refractivity contribution in [2.24, 2.45) is 0 Å². The lowest BCUT2D eigenvalue weighted by Gasteiger charge is -2.02. The summed E-state index contributed by atoms with van der Waals surface area (Å²) in [5.41, 5.74) is 0.428. The van der Waals surface area contributed by atoms with Crippen LogP contribution in [0.2, 0.25) is 5.02 Å². The van der Waals surface area contributed by atoms with E-state index in [4.69, 9.17) is 11.6 Å². The summed E-state index contributed by atoms with van der Waals surface area (Å²) in [5, 5.41) is 2.87. The van der Waals surface area contributed by atoms with Gasteiger partial charge in [0.05, 0.1) is 11.6 Å². The van der Waals surface area contributed by atoms with Crippen molar-refractivity contribution >= 4 is 17.4 Å². The minimum absolute atomic E-state index is 0.0210. The average molecular weight is 216 g/mol. The molecule has 0 aliphatic heterocycles. The van der Waals surface area contributed by atoms with E-state index in [1.165, 1.54) is 18.2 Å². The normalized spacial score (nSPS) is 10.2. The highest BCUT2D eigenvalue weighted by atomic mass is 35.5. The summed E-state index contributed by atoms with van der Waals surface area (Å²) in [6.07, 6.45) is 0. The number of benzene rings is 1. The van der Waals surface area contributed by atoms with Crippen LogP contribution < -0.4 is 5.32 Å². The summed E-state index contributed by atoms with van der Waals surface area (Å²) < 4.78 is 12.8. The highest BCUT2D eigenvalue weighted by Crippen LogP contribution is 2.16. The zero-order chi connectivity index (χ0) is 10.6. The Kier molecular flexibility index (Phi) is 4.04. The summed E-state index contributed by atoms with van der Waals surface area (Å²) in [6, 6.07) is 3.97. The number of ketones is 1. The maximum Gasteiger partial charge on any atom is 0.176 e. The molecule has 0 heterocycles. The van der Waals surface area contributed by atoms with Crippen molar-refractivity contribution in [1.29, 1.82) is 0 Å². The van der Waals surface area contributed by atoms with E-state index < -0.39 is 5.82 Å². The molecule has 0 aromatic heterocycles. The van der Waals surface area contributed by atoms with E-state index in [-0.39, 0.29) is 17.4 Å². The fourth-order valence-electron chi connectivity index (χ4n) is 1.01. The fourth-order valence-corrected chi connectivity index (χ4v) is 1.19. The molecule has 0 saturated carbocycles. The van der Waals surface area contributed by atoms with Crippen molar-refractivity contribution in [1.82, 2.24) is 5.32 Å². The Morgan fingerprint density at radius 2 is 2.29 bits per heavy atom. The Morgan fingerprint density at radius 1 is 1.57 bits per heavy atom. The minimum Gasteiger partial charge on any atom is -0.310 e. The quantitative estimate of drug-likeness (QED) is 0.781. The summed E-state index contributed by atoms with van der Waals surface area (Å²) in [5.74, 6) is -0.597. The van der Waals surface area contributed by atoms with Gasteiger partial charge >= 0.3 is 0 Å². The van der Waals surface area contributed by atoms with Crippen molar-refractivity contribution in [2.75, 3.05) is 13.1 Å². The molecule has 0 amide bonds. The molecule has 1 N–H and O–H groups in total. The van der Waals surface area contributed by atoms with Crippen molar-refractivity contribution in [3.05, 3.63) is 34.6 Å². The number of nitrogens with one attached hydrogen (secondary N) is 1. The number of rotatable bonds is 4. The van der Waals surface area contributed by atoms with Crippen LogP contribution in [0.5, 0.6) is 0 Å². The Bertz CT molecular complexity index is 341. The Morgan fingerprint density at radius 3 is 2.86 bits per heavy atom. The van der Waals surface area contributed by atoms with Crippen LogP contribution in [0.1, 0.15) is 17.3 Å². The molecule has 1 aromatic rings. The van der Waals surface area contributed by atoms with Gasteiger partial charge < -0.3 is 5.32 Å². The van der Waals surface area contributed by atoms with Crippen LogP contribution in [-0.2, 0) is 0 Å². The monoisotopic (exact) mass is 215 g/mol. The van der Waals surface area contributed by atoms with Gasteiger partial charge in [-0.25, -0.2) is 4.39 Å². The van der Waals surface area contributed by atoms with Crippen LogP contribution in [0.3, 0.4) is 0 Å². The van der Waals surface area contributed by atoms with Gasteiger partial charge in [0.1, 0.15) is 5.82 Å². The number of carbonyl (C=O) groups excluding carboxylic acids is 1. The van der Waals surface area contributed by atoms with E-state index >= 15 is 0 Å². The predicted molar refractivity (Wildman–Crippen MR) is 54.3 cm³/mol. The molecule has 0 atom stereocenters. The molecule has 0 saturated heterocycles. The molecule has 4 heteroatoms. The molecule has 0 spiro atoms. The van der Waals surface area contributed by atoms with Gasteiger partial charge in [0.15, 0.2) is 5.78 Å². The van der Waals surface area contributed by atoms with Crippen LogP contribution in [0.25, 0.3) is 0 Å². The van der Waals surface area contributed by atoms with E-state index in [9.17, 15) is 9.18 Å². The van der Waals surface area contributed by atoms with Gasteiger partial charge in [-0.1, -0.05) is 18.5 Å². The molecule has 0 bridgehead atoms. The summed E-state index contributed by atoms with van der Waals surface area (Å²) in [4.78, 5) is 11.4. The lowest BCUT2D eigenvalue weighted by molar-refractivity contribution is 0.0991. The van der Waals surface area contributed by atoms with Gasteiger partial charge in [-0.05, 0) is 24.7 Å². The second-order valence-electron chi connectivity index (χ2n) is 2.83. The van der Waals surface area contributed by atoms with Crippen molar-refractivity contribution in [3.63, 3.8) is 0 Å². The predicted octanol–water partition coefficient (Wildman–Crippen LogP) is 2.27. The molecule has 0 radical (unpaired) electrons. The van der Waals surface area contributed by atoms with Gasteiger partial charge in [0.2, 0.25) is 0 Å². The van der Waals surface area contributed by atoms with E-state index in [1.54, 1.807) is 0 Å². The number of carbonyl (C=O) groups is 1. The average Bonchev–Trinajstić information content (AvgIpc) is 2.18. The van der Waals surface area contributed by atoms with Crippen molar-refractivity contribution in [2.45, 2.75) is 6.92 Å². The van der Waals surface area contributed by atoms with Crippen molar-refractivity contribution in [3.8, 4) is 0 Å². The molecule has 76 valence electrons. The standard InChI is InChI=1S/C10H11ClFNO/c1-2-13-6-10(14)7-3-4-9(12)8(11)5-7/h3-5,13H,2,6H2,1H3. The maximum absolute atomic E-state index is 12.8. The Balaban J connectivity index is 2.76. The van der Waals surface area contributed by atoms with E-state index in [0.717, 1.165) is 6.54 Å². The second kappa shape index (κ2) is 5.08. The van der Waals surface area contributed by atoms with E-state index in [1.807, 2.05) is 6.92 Å². The molecule has 2 nitrogen and oxygen atoms in total. The highest BCUT2D eigenvalue weighted by Gasteiger charge is 2.07. The minimum atomic E-state index is -0.508. The SMILES string of the molecule is CCNCC(=O)c1ccc(F)c(Cl)c1. The number of halogens is 2. The molecular formula is C10H11ClFNO. The third kappa shape index (κ3) is 2.79. The number of likely N-dealkylation sites (N-methyl/N-ethyl adjacent to an activating group) is 1. The molecule has 1 aromatic carbocycles. The fraction of sp³-hybridized carbons (Fsp3) is 0.300. The second-order valence-corrected chi connectivity index (χ2v) is 3.24. The first-order valence-corrected chi connectivity index (χ1v) is 4.72. The van der Waals surface area contributed by atoms with Crippen LogP contribution in [0, 0.1) is 5.82 Å².